The molecule has 0 radical (unpaired) electrons. The van der Waals surface area contributed by atoms with E-state index >= 15 is 0 Å². The second-order valence-corrected chi connectivity index (χ2v) is 5.52. The minimum absolute atomic E-state index is 0.140. The molecule has 2 aromatic carbocycles. The molecule has 0 saturated carbocycles. The summed E-state index contributed by atoms with van der Waals surface area (Å²) in [5.41, 5.74) is 1.42. The summed E-state index contributed by atoms with van der Waals surface area (Å²) in [7, 11) is 0. The minimum atomic E-state index is -1.07. The largest absolute Gasteiger partial charge is 0.486 e. The van der Waals surface area contributed by atoms with E-state index in [1.54, 1.807) is 6.07 Å². The van der Waals surface area contributed by atoms with Crippen molar-refractivity contribution in [3.8, 4) is 5.75 Å². The number of benzene rings is 2. The van der Waals surface area contributed by atoms with Gasteiger partial charge in [0, 0.05) is 9.65 Å². The molecule has 0 saturated heterocycles. The summed E-state index contributed by atoms with van der Waals surface area (Å²) in [5.74, 6) is -1.46. The molecule has 0 heterocycles. The molecule has 0 spiro atoms. The Bertz CT molecular complexity index is 666. The van der Waals surface area contributed by atoms with Crippen molar-refractivity contribution in [1.82, 2.24) is 0 Å². The number of hydrogen-bond acceptors (Lipinski definition) is 2. The predicted octanol–water partition coefficient (Wildman–Crippen LogP) is 4.11. The first-order valence-corrected chi connectivity index (χ1v) is 7.20. The van der Waals surface area contributed by atoms with Gasteiger partial charge in [-0.05, 0) is 64.1 Å². The van der Waals surface area contributed by atoms with Crippen LogP contribution in [0.15, 0.2) is 48.5 Å². The van der Waals surface area contributed by atoms with Crippen LogP contribution < -0.4 is 4.74 Å². The van der Waals surface area contributed by atoms with E-state index in [4.69, 9.17) is 9.84 Å². The van der Waals surface area contributed by atoms with Crippen LogP contribution in [-0.2, 0) is 11.4 Å². The van der Waals surface area contributed by atoms with Crippen molar-refractivity contribution in [3.05, 3.63) is 69.1 Å². The molecule has 5 heteroatoms. The molecule has 2 rings (SSSR count). The summed E-state index contributed by atoms with van der Waals surface area (Å²) < 4.78 is 20.4. The van der Waals surface area contributed by atoms with Crippen molar-refractivity contribution in [2.24, 2.45) is 0 Å². The number of carboxylic acid groups (broad SMARTS) is 1. The zero-order valence-electron chi connectivity index (χ0n) is 10.9. The average molecular weight is 398 g/mol. The number of ether oxygens (including phenoxy) is 1. The van der Waals surface area contributed by atoms with E-state index in [1.165, 1.54) is 18.2 Å². The molecule has 2 aromatic rings. The minimum Gasteiger partial charge on any atom is -0.486 e. The normalized spacial score (nSPS) is 10.8. The second kappa shape index (κ2) is 7.21. The lowest BCUT2D eigenvalue weighted by atomic mass is 10.2. The molecule has 0 bridgehead atoms. The predicted molar refractivity (Wildman–Crippen MR) is 86.6 cm³/mol. The lowest BCUT2D eigenvalue weighted by Gasteiger charge is -2.08. The molecular weight excluding hydrogens is 386 g/mol. The van der Waals surface area contributed by atoms with E-state index in [2.05, 4.69) is 22.6 Å². The summed E-state index contributed by atoms with van der Waals surface area (Å²) in [6, 6.07) is 12.1. The molecule has 3 nitrogen and oxygen atoms in total. The Hall–Kier alpha value is -1.89. The molecular formula is C16H12FIO3. The molecule has 0 fully saturated rings. The molecule has 0 unspecified atom stereocenters. The van der Waals surface area contributed by atoms with Gasteiger partial charge in [-0.15, -0.1) is 0 Å². The lowest BCUT2D eigenvalue weighted by molar-refractivity contribution is -0.131. The van der Waals surface area contributed by atoms with E-state index in [9.17, 15) is 9.18 Å². The summed E-state index contributed by atoms with van der Waals surface area (Å²) in [6.45, 7) is 0.276. The van der Waals surface area contributed by atoms with Crippen LogP contribution >= 0.6 is 22.6 Å². The first-order valence-electron chi connectivity index (χ1n) is 6.12. The Labute approximate surface area is 135 Å². The summed E-state index contributed by atoms with van der Waals surface area (Å²) in [6.07, 6.45) is 2.29. The van der Waals surface area contributed by atoms with Crippen LogP contribution in [0.1, 0.15) is 11.1 Å². The van der Waals surface area contributed by atoms with Crippen molar-refractivity contribution >= 4 is 34.6 Å². The zero-order chi connectivity index (χ0) is 15.2. The number of halogens is 2. The molecule has 108 valence electrons. The van der Waals surface area contributed by atoms with Crippen LogP contribution in [0.2, 0.25) is 0 Å². The number of aliphatic carboxylic acids is 1. The van der Waals surface area contributed by atoms with Crippen molar-refractivity contribution in [1.29, 1.82) is 0 Å². The molecule has 0 aliphatic heterocycles. The number of carbonyl (C=O) groups is 1. The van der Waals surface area contributed by atoms with E-state index in [0.29, 0.717) is 5.56 Å². The fourth-order valence-corrected chi connectivity index (χ4v) is 2.01. The second-order valence-electron chi connectivity index (χ2n) is 4.28. The van der Waals surface area contributed by atoms with Gasteiger partial charge in [0.25, 0.3) is 0 Å². The summed E-state index contributed by atoms with van der Waals surface area (Å²) in [5, 5.41) is 8.52. The van der Waals surface area contributed by atoms with Crippen LogP contribution in [0, 0.1) is 9.39 Å². The summed E-state index contributed by atoms with van der Waals surface area (Å²) >= 11 is 2.21. The molecule has 0 aromatic heterocycles. The van der Waals surface area contributed by atoms with Gasteiger partial charge in [0.15, 0.2) is 11.6 Å². The van der Waals surface area contributed by atoms with Crippen molar-refractivity contribution < 1.29 is 19.0 Å². The smallest absolute Gasteiger partial charge is 0.328 e. The molecule has 0 amide bonds. The monoisotopic (exact) mass is 398 g/mol. The van der Waals surface area contributed by atoms with E-state index in [0.717, 1.165) is 15.2 Å². The van der Waals surface area contributed by atoms with Gasteiger partial charge in [-0.2, -0.15) is 0 Å². The maximum absolute atomic E-state index is 13.8. The highest BCUT2D eigenvalue weighted by Crippen LogP contribution is 2.20. The number of hydrogen-bond donors (Lipinski definition) is 1. The highest BCUT2D eigenvalue weighted by atomic mass is 127. The van der Waals surface area contributed by atoms with Gasteiger partial charge in [0.05, 0.1) is 0 Å². The van der Waals surface area contributed by atoms with Gasteiger partial charge in [0.2, 0.25) is 0 Å². The van der Waals surface area contributed by atoms with Gasteiger partial charge < -0.3 is 9.84 Å². The first kappa shape index (κ1) is 15.5. The molecule has 0 aliphatic rings. The van der Waals surface area contributed by atoms with Gasteiger partial charge in [0.1, 0.15) is 6.61 Å². The van der Waals surface area contributed by atoms with Gasteiger partial charge >= 0.3 is 5.97 Å². The third-order valence-corrected chi connectivity index (χ3v) is 3.40. The van der Waals surface area contributed by atoms with Crippen molar-refractivity contribution in [3.63, 3.8) is 0 Å². The highest BCUT2D eigenvalue weighted by Gasteiger charge is 2.04. The SMILES string of the molecule is O=C(O)/C=C/c1ccc(OCc2ccc(I)cc2)c(F)c1. The van der Waals surface area contributed by atoms with Crippen molar-refractivity contribution in [2.45, 2.75) is 6.61 Å². The van der Waals surface area contributed by atoms with Gasteiger partial charge in [-0.25, -0.2) is 9.18 Å². The van der Waals surface area contributed by atoms with Gasteiger partial charge in [-0.1, -0.05) is 18.2 Å². The van der Waals surface area contributed by atoms with E-state index < -0.39 is 11.8 Å². The fraction of sp³-hybridized carbons (Fsp3) is 0.0625. The quantitative estimate of drug-likeness (QED) is 0.609. The standard InChI is InChI=1S/C16H12FIO3/c17-14-9-11(4-8-16(19)20)3-7-15(14)21-10-12-1-5-13(18)6-2-12/h1-9H,10H2,(H,19,20)/b8-4+. The molecule has 0 aliphatic carbocycles. The topological polar surface area (TPSA) is 46.5 Å². The van der Waals surface area contributed by atoms with Crippen molar-refractivity contribution in [2.75, 3.05) is 0 Å². The first-order chi connectivity index (χ1) is 10.0. The maximum Gasteiger partial charge on any atom is 0.328 e. The third kappa shape index (κ3) is 4.86. The molecule has 1 N–H and O–H groups in total. The highest BCUT2D eigenvalue weighted by molar-refractivity contribution is 14.1. The van der Waals surface area contributed by atoms with E-state index in [1.807, 2.05) is 24.3 Å². The third-order valence-electron chi connectivity index (χ3n) is 2.68. The van der Waals surface area contributed by atoms with Crippen LogP contribution in [0.4, 0.5) is 4.39 Å². The van der Waals surface area contributed by atoms with Gasteiger partial charge in [-0.3, -0.25) is 0 Å². The Morgan fingerprint density at radius 3 is 2.57 bits per heavy atom. The molecule has 21 heavy (non-hydrogen) atoms. The number of carboxylic acids is 1. The number of rotatable bonds is 5. The Kier molecular flexibility index (Phi) is 5.32. The fourth-order valence-electron chi connectivity index (χ4n) is 1.65. The van der Waals surface area contributed by atoms with Crippen LogP contribution in [0.25, 0.3) is 6.08 Å². The lowest BCUT2D eigenvalue weighted by Crippen LogP contribution is -1.97. The summed E-state index contributed by atoms with van der Waals surface area (Å²) in [4.78, 5) is 10.4. The maximum atomic E-state index is 13.8. The van der Waals surface area contributed by atoms with Crippen LogP contribution in [-0.4, -0.2) is 11.1 Å². The Morgan fingerprint density at radius 1 is 1.24 bits per heavy atom. The zero-order valence-corrected chi connectivity index (χ0v) is 13.1. The molecule has 0 atom stereocenters. The Balaban J connectivity index is 2.04. The van der Waals surface area contributed by atoms with Crippen LogP contribution in [0.3, 0.4) is 0 Å². The van der Waals surface area contributed by atoms with Crippen LogP contribution in [0.5, 0.6) is 5.75 Å². The average Bonchev–Trinajstić information content (AvgIpc) is 2.46. The Morgan fingerprint density at radius 2 is 1.95 bits per heavy atom. The van der Waals surface area contributed by atoms with E-state index in [-0.39, 0.29) is 12.4 Å².